The number of amides is 1. The summed E-state index contributed by atoms with van der Waals surface area (Å²) in [4.78, 5) is 11.9. The van der Waals surface area contributed by atoms with Crippen molar-refractivity contribution in [3.8, 4) is 11.5 Å². The van der Waals surface area contributed by atoms with E-state index in [1.54, 1.807) is 56.7 Å². The van der Waals surface area contributed by atoms with Gasteiger partial charge in [-0.3, -0.25) is 4.79 Å². The number of hydrogen-bond donors (Lipinski definition) is 2. The van der Waals surface area contributed by atoms with E-state index in [1.165, 1.54) is 6.08 Å². The van der Waals surface area contributed by atoms with Crippen molar-refractivity contribution in [2.45, 2.75) is 0 Å². The minimum absolute atomic E-state index is 0.223. The predicted octanol–water partition coefficient (Wildman–Crippen LogP) is 2.94. The van der Waals surface area contributed by atoms with Gasteiger partial charge in [-0.25, -0.2) is 0 Å². The molecule has 0 spiro atoms. The second-order valence-electron chi connectivity index (χ2n) is 4.55. The van der Waals surface area contributed by atoms with Crippen molar-refractivity contribution in [2.75, 3.05) is 25.3 Å². The maximum atomic E-state index is 11.9. The second kappa shape index (κ2) is 7.17. The molecule has 0 unspecified atom stereocenters. The number of ether oxygens (including phenoxy) is 2. The fraction of sp³-hybridized carbons (Fsp3) is 0.118. The van der Waals surface area contributed by atoms with Crippen LogP contribution in [-0.2, 0) is 4.79 Å². The molecule has 114 valence electrons. The quantitative estimate of drug-likeness (QED) is 0.657. The predicted molar refractivity (Wildman–Crippen MR) is 88.1 cm³/mol. The van der Waals surface area contributed by atoms with Crippen LogP contribution < -0.4 is 20.5 Å². The molecule has 22 heavy (non-hydrogen) atoms. The van der Waals surface area contributed by atoms with Gasteiger partial charge in [0.1, 0.15) is 11.5 Å². The molecule has 1 amide bonds. The number of benzene rings is 2. The van der Waals surface area contributed by atoms with Crippen LogP contribution in [0.3, 0.4) is 0 Å². The minimum atomic E-state index is -0.223. The summed E-state index contributed by atoms with van der Waals surface area (Å²) in [6.45, 7) is 0. The first-order valence-electron chi connectivity index (χ1n) is 6.69. The van der Waals surface area contributed by atoms with Crippen molar-refractivity contribution >= 4 is 23.4 Å². The number of rotatable bonds is 5. The normalized spacial score (nSPS) is 10.5. The van der Waals surface area contributed by atoms with E-state index in [0.29, 0.717) is 17.1 Å². The Morgan fingerprint density at radius 3 is 2.41 bits per heavy atom. The van der Waals surface area contributed by atoms with E-state index in [1.807, 2.05) is 6.07 Å². The van der Waals surface area contributed by atoms with E-state index >= 15 is 0 Å². The van der Waals surface area contributed by atoms with Gasteiger partial charge >= 0.3 is 0 Å². The summed E-state index contributed by atoms with van der Waals surface area (Å²) in [5.41, 5.74) is 7.87. The van der Waals surface area contributed by atoms with Crippen LogP contribution in [0.5, 0.6) is 11.5 Å². The highest BCUT2D eigenvalue weighted by molar-refractivity contribution is 6.02. The Kier molecular flexibility index (Phi) is 5.03. The van der Waals surface area contributed by atoms with E-state index in [9.17, 15) is 4.79 Å². The zero-order valence-electron chi connectivity index (χ0n) is 12.5. The van der Waals surface area contributed by atoms with Gasteiger partial charge in [0, 0.05) is 11.8 Å². The third-order valence-electron chi connectivity index (χ3n) is 3.04. The lowest BCUT2D eigenvalue weighted by atomic mass is 10.1. The molecule has 3 N–H and O–H groups in total. The van der Waals surface area contributed by atoms with Crippen LogP contribution in [0.1, 0.15) is 5.56 Å². The van der Waals surface area contributed by atoms with Crippen LogP contribution in [0.15, 0.2) is 48.5 Å². The molecule has 2 aromatic carbocycles. The zero-order valence-corrected chi connectivity index (χ0v) is 12.5. The SMILES string of the molecule is COc1ccc(NC(=O)/C=C/c2ccc(OC)c(N)c2)cc1. The van der Waals surface area contributed by atoms with Crippen molar-refractivity contribution < 1.29 is 14.3 Å². The molecule has 0 atom stereocenters. The van der Waals surface area contributed by atoms with Crippen molar-refractivity contribution in [2.24, 2.45) is 0 Å². The van der Waals surface area contributed by atoms with E-state index < -0.39 is 0 Å². The van der Waals surface area contributed by atoms with Gasteiger partial charge in [-0.2, -0.15) is 0 Å². The number of hydrogen-bond acceptors (Lipinski definition) is 4. The Labute approximate surface area is 129 Å². The topological polar surface area (TPSA) is 73.6 Å². The highest BCUT2D eigenvalue weighted by Crippen LogP contribution is 2.22. The van der Waals surface area contributed by atoms with Crippen molar-refractivity contribution in [1.82, 2.24) is 0 Å². The molecule has 0 fully saturated rings. The first-order valence-corrected chi connectivity index (χ1v) is 6.69. The van der Waals surface area contributed by atoms with Crippen molar-refractivity contribution in [1.29, 1.82) is 0 Å². The van der Waals surface area contributed by atoms with Gasteiger partial charge < -0.3 is 20.5 Å². The van der Waals surface area contributed by atoms with Crippen molar-refractivity contribution in [3.63, 3.8) is 0 Å². The lowest BCUT2D eigenvalue weighted by molar-refractivity contribution is -0.111. The summed E-state index contributed by atoms with van der Waals surface area (Å²) < 4.78 is 10.1. The first-order chi connectivity index (χ1) is 10.6. The Bertz CT molecular complexity index is 679. The molecular formula is C17H18N2O3. The lowest BCUT2D eigenvalue weighted by Crippen LogP contribution is -2.07. The highest BCUT2D eigenvalue weighted by Gasteiger charge is 2.01. The van der Waals surface area contributed by atoms with Gasteiger partial charge in [-0.1, -0.05) is 6.07 Å². The number of carbonyl (C=O) groups excluding carboxylic acids is 1. The molecule has 0 bridgehead atoms. The number of anilines is 2. The van der Waals surface area contributed by atoms with E-state index in [-0.39, 0.29) is 5.91 Å². The van der Waals surface area contributed by atoms with Crippen LogP contribution in [0, 0.1) is 0 Å². The number of methoxy groups -OCH3 is 2. The Hall–Kier alpha value is -2.95. The summed E-state index contributed by atoms with van der Waals surface area (Å²) in [6, 6.07) is 12.4. The molecule has 0 radical (unpaired) electrons. The number of carbonyl (C=O) groups is 1. The monoisotopic (exact) mass is 298 g/mol. The standard InChI is InChI=1S/C17H18N2O3/c1-21-14-7-5-13(6-8-14)19-17(20)10-4-12-3-9-16(22-2)15(18)11-12/h3-11H,18H2,1-2H3,(H,19,20)/b10-4+. The molecule has 2 rings (SSSR count). The van der Waals surface area contributed by atoms with Gasteiger partial charge in [0.2, 0.25) is 5.91 Å². The van der Waals surface area contributed by atoms with Gasteiger partial charge in [-0.05, 0) is 48.0 Å². The van der Waals surface area contributed by atoms with Crippen LogP contribution >= 0.6 is 0 Å². The van der Waals surface area contributed by atoms with Crippen LogP contribution in [0.2, 0.25) is 0 Å². The Morgan fingerprint density at radius 1 is 1.09 bits per heavy atom. The zero-order chi connectivity index (χ0) is 15.9. The van der Waals surface area contributed by atoms with E-state index in [0.717, 1.165) is 11.3 Å². The molecule has 0 saturated heterocycles. The van der Waals surface area contributed by atoms with Crippen LogP contribution in [0.25, 0.3) is 6.08 Å². The Morgan fingerprint density at radius 2 is 1.82 bits per heavy atom. The third-order valence-corrected chi connectivity index (χ3v) is 3.04. The average molecular weight is 298 g/mol. The largest absolute Gasteiger partial charge is 0.497 e. The molecular weight excluding hydrogens is 280 g/mol. The summed E-state index contributed by atoms with van der Waals surface area (Å²) >= 11 is 0. The fourth-order valence-electron chi connectivity index (χ4n) is 1.89. The lowest BCUT2D eigenvalue weighted by Gasteiger charge is -2.05. The van der Waals surface area contributed by atoms with Crippen LogP contribution in [0.4, 0.5) is 11.4 Å². The molecule has 0 saturated carbocycles. The maximum absolute atomic E-state index is 11.9. The summed E-state index contributed by atoms with van der Waals surface area (Å²) in [6.07, 6.45) is 3.14. The molecule has 5 heteroatoms. The summed E-state index contributed by atoms with van der Waals surface area (Å²) in [5, 5.41) is 2.76. The smallest absolute Gasteiger partial charge is 0.248 e. The maximum Gasteiger partial charge on any atom is 0.248 e. The number of nitrogens with two attached hydrogens (primary N) is 1. The van der Waals surface area contributed by atoms with E-state index in [2.05, 4.69) is 5.32 Å². The number of nitrogen functional groups attached to an aromatic ring is 1. The van der Waals surface area contributed by atoms with Gasteiger partial charge in [0.05, 0.1) is 19.9 Å². The molecule has 2 aromatic rings. The number of nitrogens with one attached hydrogen (secondary N) is 1. The molecule has 0 aromatic heterocycles. The Balaban J connectivity index is 1.99. The molecule has 0 aliphatic rings. The van der Waals surface area contributed by atoms with Gasteiger partial charge in [0.25, 0.3) is 0 Å². The first kappa shape index (κ1) is 15.4. The van der Waals surface area contributed by atoms with Crippen LogP contribution in [-0.4, -0.2) is 20.1 Å². The molecule has 0 heterocycles. The van der Waals surface area contributed by atoms with Crippen molar-refractivity contribution in [3.05, 3.63) is 54.1 Å². The van der Waals surface area contributed by atoms with Gasteiger partial charge in [0.15, 0.2) is 0 Å². The second-order valence-corrected chi connectivity index (χ2v) is 4.55. The van der Waals surface area contributed by atoms with Gasteiger partial charge in [-0.15, -0.1) is 0 Å². The average Bonchev–Trinajstić information content (AvgIpc) is 2.54. The molecule has 0 aliphatic carbocycles. The minimum Gasteiger partial charge on any atom is -0.497 e. The summed E-state index contributed by atoms with van der Waals surface area (Å²) in [7, 11) is 3.15. The highest BCUT2D eigenvalue weighted by atomic mass is 16.5. The fourth-order valence-corrected chi connectivity index (χ4v) is 1.89. The molecule has 5 nitrogen and oxygen atoms in total. The molecule has 0 aliphatic heterocycles. The third kappa shape index (κ3) is 4.02. The van der Waals surface area contributed by atoms with E-state index in [4.69, 9.17) is 15.2 Å². The summed E-state index contributed by atoms with van der Waals surface area (Å²) in [5.74, 6) is 1.13.